The van der Waals surface area contributed by atoms with E-state index in [0.717, 1.165) is 0 Å². The number of hydrogen-bond acceptors (Lipinski definition) is 19. The normalized spacial score (nSPS) is 25.7. The Morgan fingerprint density at radius 2 is 1.00 bits per heavy atom. The van der Waals surface area contributed by atoms with Crippen molar-refractivity contribution in [1.29, 1.82) is 0 Å². The zero-order chi connectivity index (χ0) is 64.0. The Kier molecular flexibility index (Phi) is 33.4. The molecular formula is C50H81N13O20S. The van der Waals surface area contributed by atoms with Gasteiger partial charge in [0.2, 0.25) is 70.9 Å². The van der Waals surface area contributed by atoms with Gasteiger partial charge in [0.05, 0.1) is 44.5 Å². The molecule has 12 amide bonds. The van der Waals surface area contributed by atoms with Gasteiger partial charge in [0.15, 0.2) is 5.78 Å². The third-order valence-electron chi connectivity index (χ3n) is 13.0. The van der Waals surface area contributed by atoms with E-state index in [2.05, 4.69) is 53.2 Å². The van der Waals surface area contributed by atoms with Crippen LogP contribution >= 0.6 is 11.8 Å². The van der Waals surface area contributed by atoms with Gasteiger partial charge in [0.1, 0.15) is 48.3 Å². The summed E-state index contributed by atoms with van der Waals surface area (Å²) in [5, 5.41) is 64.9. The summed E-state index contributed by atoms with van der Waals surface area (Å²) in [6.07, 6.45) is -3.94. The second-order valence-corrected chi connectivity index (χ2v) is 21.2. The van der Waals surface area contributed by atoms with Gasteiger partial charge in [-0.2, -0.15) is 11.8 Å². The number of carbonyl (C=O) groups is 16. The number of Topliss-reactive ketones (excluding diaryl/α,β-unsaturated/α-hetero) is 1. The van der Waals surface area contributed by atoms with Crippen molar-refractivity contribution in [1.82, 2.24) is 58.5 Å². The van der Waals surface area contributed by atoms with Crippen molar-refractivity contribution in [2.75, 3.05) is 31.7 Å². The molecule has 0 saturated carbocycles. The summed E-state index contributed by atoms with van der Waals surface area (Å²) < 4.78 is 0. The van der Waals surface area contributed by atoms with E-state index in [0.29, 0.717) is 12.2 Å². The van der Waals surface area contributed by atoms with Crippen molar-refractivity contribution in [3.8, 4) is 0 Å². The first kappa shape index (κ1) is 74.0. The standard InChI is InChI=1S/C50H81N13O20S/c1-7-24(4)41-49(82)54-21-36(68)55-32(22-64)48(81)62-40(23(2)3)50(83)61-31(20-39(73)74)47(80)57-26(11-13-34(51)66)44(77)60-30(19-38(71)72)46(79)58-27(12-14-37(69)70)43(76)59-29(18-35(52)67)33(65)10-8-9-16-53-25(5)42(75)56-28(15-17-84-6)45(78)63-41/h23-32,40-41,53,64H,7-22H2,1-6H3,(H2,51,66)(H2,52,67)(H,54,82)(H,55,68)(H,56,75)(H,57,80)(H,58,79)(H,59,76)(H,60,77)(H,61,83)(H,62,81)(H,63,78)(H,69,70)(H,71,72)(H,73,74)/t24-,25-,26-,27-,28-,29-,30-,31-,32-,40-,41-/m0/s1. The number of primary amides is 2. The number of nitrogens with two attached hydrogens (primary N) is 2. The molecule has 19 N–H and O–H groups in total. The van der Waals surface area contributed by atoms with Crippen LogP contribution in [-0.4, -0.2) is 207 Å². The van der Waals surface area contributed by atoms with Gasteiger partial charge in [0, 0.05) is 19.3 Å². The molecule has 1 fully saturated rings. The summed E-state index contributed by atoms with van der Waals surface area (Å²) in [4.78, 5) is 210. The molecule has 0 aromatic rings. The lowest BCUT2D eigenvalue weighted by Gasteiger charge is -2.28. The smallest absolute Gasteiger partial charge is 0.305 e. The number of thioether (sulfide) groups is 1. The first-order valence-electron chi connectivity index (χ1n) is 26.9. The zero-order valence-electron chi connectivity index (χ0n) is 47.6. The molecule has 84 heavy (non-hydrogen) atoms. The highest BCUT2D eigenvalue weighted by Gasteiger charge is 2.37. The monoisotopic (exact) mass is 1220 g/mol. The van der Waals surface area contributed by atoms with E-state index in [-0.39, 0.29) is 32.2 Å². The molecule has 0 aliphatic carbocycles. The van der Waals surface area contributed by atoms with E-state index in [4.69, 9.17) is 11.5 Å². The highest BCUT2D eigenvalue weighted by molar-refractivity contribution is 7.98. The Labute approximate surface area is 487 Å². The molecule has 34 heteroatoms. The molecule has 0 spiro atoms. The second kappa shape index (κ2) is 38.0. The predicted molar refractivity (Wildman–Crippen MR) is 295 cm³/mol. The summed E-state index contributed by atoms with van der Waals surface area (Å²) in [7, 11) is 0. The fourth-order valence-electron chi connectivity index (χ4n) is 7.93. The Balaban J connectivity index is 3.90. The van der Waals surface area contributed by atoms with Crippen molar-refractivity contribution in [3.63, 3.8) is 0 Å². The lowest BCUT2D eigenvalue weighted by Crippen LogP contribution is -2.61. The molecule has 11 atom stereocenters. The summed E-state index contributed by atoms with van der Waals surface area (Å²) in [5.41, 5.74) is 10.7. The molecule has 1 heterocycles. The van der Waals surface area contributed by atoms with Crippen LogP contribution in [0.4, 0.5) is 0 Å². The van der Waals surface area contributed by atoms with E-state index in [1.165, 1.54) is 32.5 Å². The largest absolute Gasteiger partial charge is 0.481 e. The zero-order valence-corrected chi connectivity index (χ0v) is 48.4. The van der Waals surface area contributed by atoms with E-state index >= 15 is 0 Å². The van der Waals surface area contributed by atoms with Gasteiger partial charge in [-0.25, -0.2) is 0 Å². The number of amides is 12. The number of aliphatic carboxylic acids is 3. The Bertz CT molecular complexity index is 2400. The van der Waals surface area contributed by atoms with Crippen molar-refractivity contribution in [2.45, 2.75) is 172 Å². The first-order chi connectivity index (χ1) is 39.3. The van der Waals surface area contributed by atoms with E-state index in [1.807, 2.05) is 5.32 Å². The lowest BCUT2D eigenvalue weighted by atomic mass is 9.97. The van der Waals surface area contributed by atoms with Crippen LogP contribution in [-0.2, 0) is 76.7 Å². The Hall–Kier alpha value is -8.01. The third kappa shape index (κ3) is 27.8. The lowest BCUT2D eigenvalue weighted by molar-refractivity contribution is -0.142. The van der Waals surface area contributed by atoms with Gasteiger partial charge in [-0.3, -0.25) is 76.7 Å². The Morgan fingerprint density at radius 3 is 1.49 bits per heavy atom. The fraction of sp³-hybridized carbons (Fsp3) is 0.680. The molecule has 0 aromatic carbocycles. The van der Waals surface area contributed by atoms with Crippen molar-refractivity contribution in [2.24, 2.45) is 23.3 Å². The van der Waals surface area contributed by atoms with Crippen LogP contribution in [0.2, 0.25) is 0 Å². The van der Waals surface area contributed by atoms with Gasteiger partial charge in [-0.15, -0.1) is 0 Å². The highest BCUT2D eigenvalue weighted by Crippen LogP contribution is 2.13. The average Bonchev–Trinajstić information content (AvgIpc) is 3.59. The average molecular weight is 1220 g/mol. The molecule has 0 radical (unpaired) electrons. The van der Waals surface area contributed by atoms with Crippen molar-refractivity contribution in [3.05, 3.63) is 0 Å². The third-order valence-corrected chi connectivity index (χ3v) is 13.6. The number of hydrogen-bond donors (Lipinski definition) is 17. The topological polar surface area (TPSA) is 538 Å². The minimum atomic E-state index is -2.17. The molecule has 1 saturated heterocycles. The van der Waals surface area contributed by atoms with Crippen LogP contribution in [0.15, 0.2) is 0 Å². The first-order valence-corrected chi connectivity index (χ1v) is 28.3. The van der Waals surface area contributed by atoms with Crippen LogP contribution in [0.25, 0.3) is 0 Å². The van der Waals surface area contributed by atoms with Crippen LogP contribution in [0.3, 0.4) is 0 Å². The molecule has 1 rings (SSSR count). The van der Waals surface area contributed by atoms with Crippen LogP contribution < -0.4 is 70.0 Å². The maximum atomic E-state index is 13.9. The minimum Gasteiger partial charge on any atom is -0.481 e. The number of rotatable bonds is 19. The van der Waals surface area contributed by atoms with E-state index in [1.54, 1.807) is 20.1 Å². The van der Waals surface area contributed by atoms with Gasteiger partial charge < -0.3 is 90.4 Å². The molecule has 33 nitrogen and oxygen atoms in total. The molecular weight excluding hydrogens is 1130 g/mol. The number of aliphatic hydroxyl groups excluding tert-OH is 1. The second-order valence-electron chi connectivity index (χ2n) is 20.2. The van der Waals surface area contributed by atoms with Crippen LogP contribution in [0.1, 0.15) is 112 Å². The number of carboxylic acid groups (broad SMARTS) is 3. The molecule has 472 valence electrons. The highest BCUT2D eigenvalue weighted by atomic mass is 32.2. The summed E-state index contributed by atoms with van der Waals surface area (Å²) in [5.74, 6) is -20.1. The number of carboxylic acids is 3. The van der Waals surface area contributed by atoms with Gasteiger partial charge in [0.25, 0.3) is 0 Å². The van der Waals surface area contributed by atoms with Gasteiger partial charge in [-0.1, -0.05) is 34.1 Å². The number of aliphatic hydroxyl groups is 1. The molecule has 0 bridgehead atoms. The quantitative estimate of drug-likeness (QED) is 0.0572. The summed E-state index contributed by atoms with van der Waals surface area (Å²) in [6.45, 7) is 5.90. The molecule has 1 aliphatic heterocycles. The number of ketones is 1. The van der Waals surface area contributed by atoms with E-state index < -0.39 is 225 Å². The maximum absolute atomic E-state index is 13.9. The van der Waals surface area contributed by atoms with Crippen LogP contribution in [0, 0.1) is 11.8 Å². The summed E-state index contributed by atoms with van der Waals surface area (Å²) >= 11 is 1.37. The van der Waals surface area contributed by atoms with Gasteiger partial charge >= 0.3 is 17.9 Å². The summed E-state index contributed by atoms with van der Waals surface area (Å²) in [6, 6.07) is -16.6. The number of carbonyl (C=O) groups excluding carboxylic acids is 13. The molecule has 0 aromatic heterocycles. The van der Waals surface area contributed by atoms with Crippen molar-refractivity contribution < 1.29 is 97.1 Å². The SMILES string of the molecule is CC[C@H](C)[C@@H]1NC(=O)[C@H](CCSC)NC(=O)[C@H](C)NCCCCC(=O)[C@H](CC(N)=O)NC(=O)[C@H](CCC(=O)O)NC(=O)[C@H](CC(=O)O)NC(=O)[C@H](CCC(N)=O)NC(=O)[C@H](CC(=O)O)NC(=O)[C@H](C(C)C)NC(=O)[C@H](CO)NC(=O)CNC1=O. The predicted octanol–water partition coefficient (Wildman–Crippen LogP) is -6.40. The molecule has 1 aliphatic rings. The van der Waals surface area contributed by atoms with Gasteiger partial charge in [-0.05, 0) is 69.4 Å². The van der Waals surface area contributed by atoms with Crippen LogP contribution in [0.5, 0.6) is 0 Å². The number of nitrogens with one attached hydrogen (secondary N) is 11. The van der Waals surface area contributed by atoms with E-state index in [9.17, 15) is 97.1 Å². The van der Waals surface area contributed by atoms with Crippen molar-refractivity contribution >= 4 is 106 Å². The molecule has 0 unspecified atom stereocenters. The maximum Gasteiger partial charge on any atom is 0.305 e. The Morgan fingerprint density at radius 1 is 0.536 bits per heavy atom. The fourth-order valence-corrected chi connectivity index (χ4v) is 8.40. The minimum absolute atomic E-state index is 0.0895.